The lowest BCUT2D eigenvalue weighted by Crippen LogP contribution is -2.28. The maximum Gasteiger partial charge on any atom is 0.0727 e. The van der Waals surface area contributed by atoms with Gasteiger partial charge in [0, 0.05) is 37.2 Å². The molecule has 0 bridgehead atoms. The number of anilines is 3. The maximum absolute atomic E-state index is 10.1. The van der Waals surface area contributed by atoms with Crippen LogP contribution in [0.25, 0.3) is 52.8 Å². The molecule has 53 heavy (non-hydrogen) atoms. The summed E-state index contributed by atoms with van der Waals surface area (Å²) in [6.45, 7) is 0. The van der Waals surface area contributed by atoms with E-state index in [0.717, 1.165) is 75.8 Å². The first kappa shape index (κ1) is 23.9. The fourth-order valence-electron chi connectivity index (χ4n) is 8.46. The molecule has 11 rings (SSSR count). The van der Waals surface area contributed by atoms with Crippen LogP contribution in [-0.2, 0) is 5.41 Å². The molecule has 1 aliphatic carbocycles. The van der Waals surface area contributed by atoms with E-state index < -0.39 is 29.6 Å². The van der Waals surface area contributed by atoms with Gasteiger partial charge in [0.05, 0.1) is 15.0 Å². The van der Waals surface area contributed by atoms with E-state index in [1.165, 1.54) is 0 Å². The van der Waals surface area contributed by atoms with Crippen LogP contribution in [0.5, 0.6) is 0 Å². The molecule has 2 heteroatoms. The van der Waals surface area contributed by atoms with Crippen LogP contribution in [-0.4, -0.2) is 0 Å². The smallest absolute Gasteiger partial charge is 0.0727 e. The molecule has 248 valence electrons. The van der Waals surface area contributed by atoms with Crippen molar-refractivity contribution in [1.82, 2.24) is 0 Å². The van der Waals surface area contributed by atoms with Gasteiger partial charge in [-0.05, 0) is 103 Å². The first-order chi connectivity index (χ1) is 29.2. The van der Waals surface area contributed by atoms with Crippen LogP contribution in [0.1, 0.15) is 31.8 Å². The molecule has 1 unspecified atom stereocenters. The van der Waals surface area contributed by atoms with Crippen molar-refractivity contribution in [2.24, 2.45) is 0 Å². The zero-order chi connectivity index (χ0) is 41.0. The van der Waals surface area contributed by atoms with E-state index in [-0.39, 0.29) is 34.5 Å². The van der Waals surface area contributed by atoms with E-state index in [4.69, 9.17) is 5.48 Å². The van der Waals surface area contributed by atoms with Gasteiger partial charge in [0.2, 0.25) is 0 Å². The number of nitrogens with zero attached hydrogens (tertiary/aromatic N) is 1. The molecular formula is C51H33NS. The second-order valence-electron chi connectivity index (χ2n) is 13.5. The summed E-state index contributed by atoms with van der Waals surface area (Å²) in [7, 11) is 0. The van der Waals surface area contributed by atoms with Gasteiger partial charge in [-0.25, -0.2) is 0 Å². The van der Waals surface area contributed by atoms with Gasteiger partial charge < -0.3 is 4.90 Å². The van der Waals surface area contributed by atoms with Gasteiger partial charge in [-0.2, -0.15) is 0 Å². The van der Waals surface area contributed by atoms with Crippen LogP contribution < -0.4 is 4.90 Å². The van der Waals surface area contributed by atoms with Gasteiger partial charge in [0.25, 0.3) is 0 Å². The van der Waals surface area contributed by atoms with Crippen molar-refractivity contribution >= 4 is 70.1 Å². The SMILES string of the molecule is [2H]c1c([2H])c([2H])c2c([2H])c(C3(c4cccc5c4sc4ccccc45)c4ccccc4-c4cc(N(c5ccccc5)c5ccc6ccccc6c5)ccc43)c([2H])c([2H])c2c1[2H]. The van der Waals surface area contributed by atoms with Crippen molar-refractivity contribution in [2.75, 3.05) is 4.90 Å². The molecular weight excluding hydrogens is 659 g/mol. The third-order valence-corrected chi connectivity index (χ3v) is 11.9. The maximum atomic E-state index is 10.1. The van der Waals surface area contributed by atoms with Gasteiger partial charge >= 0.3 is 0 Å². The van der Waals surface area contributed by atoms with Gasteiger partial charge in [-0.15, -0.1) is 11.3 Å². The summed E-state index contributed by atoms with van der Waals surface area (Å²) in [5, 5.41) is 4.21. The van der Waals surface area contributed by atoms with Crippen LogP contribution in [0.3, 0.4) is 0 Å². The molecule has 0 fully saturated rings. The first-order valence-corrected chi connectivity index (χ1v) is 18.5. The van der Waals surface area contributed by atoms with Crippen molar-refractivity contribution in [3.63, 3.8) is 0 Å². The second-order valence-corrected chi connectivity index (χ2v) is 14.6. The molecule has 0 amide bonds. The minimum absolute atomic E-state index is 0.0611. The predicted octanol–water partition coefficient (Wildman–Crippen LogP) is 14.2. The number of benzene rings is 9. The molecule has 9 aromatic carbocycles. The normalized spacial score (nSPS) is 16.7. The highest BCUT2D eigenvalue weighted by Crippen LogP contribution is 2.59. The minimum Gasteiger partial charge on any atom is -0.310 e. The first-order valence-electron chi connectivity index (χ1n) is 21.2. The number of fused-ring (bicyclic) bond motifs is 8. The molecule has 1 heterocycles. The lowest BCUT2D eigenvalue weighted by molar-refractivity contribution is 0.779. The predicted molar refractivity (Wildman–Crippen MR) is 226 cm³/mol. The van der Waals surface area contributed by atoms with Crippen molar-refractivity contribution < 1.29 is 9.60 Å². The van der Waals surface area contributed by atoms with Gasteiger partial charge in [-0.3, -0.25) is 0 Å². The van der Waals surface area contributed by atoms with E-state index in [1.807, 2.05) is 66.7 Å². The highest BCUT2D eigenvalue weighted by Gasteiger charge is 2.47. The molecule has 0 radical (unpaired) electrons. The lowest BCUT2D eigenvalue weighted by atomic mass is 9.67. The molecule has 0 saturated heterocycles. The third kappa shape index (κ3) is 4.49. The summed E-state index contributed by atoms with van der Waals surface area (Å²) < 4.78 is 66.5. The highest BCUT2D eigenvalue weighted by molar-refractivity contribution is 7.26. The van der Waals surface area contributed by atoms with Crippen LogP contribution in [0.4, 0.5) is 17.1 Å². The largest absolute Gasteiger partial charge is 0.310 e. The van der Waals surface area contributed by atoms with Crippen molar-refractivity contribution in [2.45, 2.75) is 5.41 Å². The fraction of sp³-hybridized carbons (Fsp3) is 0.0196. The topological polar surface area (TPSA) is 3.24 Å². The fourth-order valence-corrected chi connectivity index (χ4v) is 9.73. The average molecular weight is 699 g/mol. The van der Waals surface area contributed by atoms with Crippen LogP contribution in [0, 0.1) is 0 Å². The van der Waals surface area contributed by atoms with Crippen molar-refractivity contribution in [3.8, 4) is 11.1 Å². The standard InChI is InChI=1S/C51H33NS/c1-2-17-39(18-3-1)52(40-28-26-35-14-5-7-16-37(35)32-40)41-29-30-47-45(33-41)42-19-8-10-22-46(42)51(47,38-27-25-34-13-4-6-15-36(34)31-38)48-23-12-21-44-43-20-9-11-24-49(43)53-50(44)48/h1-33H/i4D,6D,13D,15D,25D,27D,31D. The molecule has 0 aliphatic heterocycles. The Morgan fingerprint density at radius 3 is 2.08 bits per heavy atom. The Hall–Kier alpha value is -6.48. The summed E-state index contributed by atoms with van der Waals surface area (Å²) in [5.74, 6) is 0. The number of thiophene rings is 1. The summed E-state index contributed by atoms with van der Waals surface area (Å²) in [4.78, 5) is 2.24. The summed E-state index contributed by atoms with van der Waals surface area (Å²) in [5.41, 5.74) is 6.07. The highest BCUT2D eigenvalue weighted by atomic mass is 32.1. The Balaban J connectivity index is 1.28. The summed E-state index contributed by atoms with van der Waals surface area (Å²) >= 11 is 1.65. The zero-order valence-corrected chi connectivity index (χ0v) is 29.2. The monoisotopic (exact) mass is 698 g/mol. The minimum atomic E-state index is -1.33. The van der Waals surface area contributed by atoms with Gasteiger partial charge in [-0.1, -0.05) is 152 Å². The molecule has 0 N–H and O–H groups in total. The van der Waals surface area contributed by atoms with E-state index in [1.54, 1.807) is 11.3 Å². The Bertz CT molecular complexity index is 3430. The molecule has 0 spiro atoms. The molecule has 0 saturated carbocycles. The van der Waals surface area contributed by atoms with Crippen LogP contribution >= 0.6 is 11.3 Å². The van der Waals surface area contributed by atoms with Crippen molar-refractivity contribution in [1.29, 1.82) is 0 Å². The number of rotatable bonds is 5. The Morgan fingerprint density at radius 1 is 0.453 bits per heavy atom. The van der Waals surface area contributed by atoms with E-state index in [2.05, 4.69) is 95.9 Å². The van der Waals surface area contributed by atoms with E-state index in [0.29, 0.717) is 0 Å². The van der Waals surface area contributed by atoms with Crippen LogP contribution in [0.15, 0.2) is 200 Å². The van der Waals surface area contributed by atoms with Gasteiger partial charge in [0.1, 0.15) is 0 Å². The zero-order valence-electron chi connectivity index (χ0n) is 35.4. The Morgan fingerprint density at radius 2 is 1.15 bits per heavy atom. The number of hydrogen-bond acceptors (Lipinski definition) is 2. The summed E-state index contributed by atoms with van der Waals surface area (Å²) in [6, 6.07) is 51.4. The third-order valence-electron chi connectivity index (χ3n) is 10.7. The molecule has 1 atom stereocenters. The Labute approximate surface area is 322 Å². The van der Waals surface area contributed by atoms with E-state index >= 15 is 0 Å². The molecule has 1 nitrogen and oxygen atoms in total. The second kappa shape index (κ2) is 11.8. The van der Waals surface area contributed by atoms with Gasteiger partial charge in [0.15, 0.2) is 0 Å². The van der Waals surface area contributed by atoms with E-state index in [9.17, 15) is 4.11 Å². The van der Waals surface area contributed by atoms with Crippen LogP contribution in [0.2, 0.25) is 0 Å². The summed E-state index contributed by atoms with van der Waals surface area (Å²) in [6.07, 6.45) is 0. The van der Waals surface area contributed by atoms with Crippen molar-refractivity contribution in [3.05, 3.63) is 222 Å². The Kier molecular flexibility index (Phi) is 5.31. The molecule has 1 aliphatic rings. The molecule has 10 aromatic rings. The quantitative estimate of drug-likeness (QED) is 0.173. The number of hydrogen-bond donors (Lipinski definition) is 0. The molecule has 1 aromatic heterocycles. The average Bonchev–Trinajstić information content (AvgIpc) is 3.80. The number of para-hydroxylation sites is 1. The lowest BCUT2D eigenvalue weighted by Gasteiger charge is -2.35.